The second-order valence-electron chi connectivity index (χ2n) is 15.8. The maximum atomic E-state index is 11.9. The number of anilines is 7. The number of nitrogens with two attached hydrogens (primary N) is 1. The van der Waals surface area contributed by atoms with Crippen LogP contribution in [0.4, 0.5) is 46.0 Å². The number of nitrogens with one attached hydrogen (secondary N) is 2. The van der Waals surface area contributed by atoms with Crippen LogP contribution in [0.15, 0.2) is 110 Å². The zero-order valence-corrected chi connectivity index (χ0v) is 38.2. The number of fused-ring (bicyclic) bond motifs is 2. The van der Waals surface area contributed by atoms with E-state index in [0.717, 1.165) is 47.1 Å². The van der Waals surface area contributed by atoms with Gasteiger partial charge >= 0.3 is 0 Å². The minimum Gasteiger partial charge on any atom is -0.494 e. The lowest BCUT2D eigenvalue weighted by molar-refractivity contribution is -0.384. The van der Waals surface area contributed by atoms with Gasteiger partial charge < -0.3 is 45.4 Å². The summed E-state index contributed by atoms with van der Waals surface area (Å²) in [5, 5.41) is 29.1. The molecule has 0 radical (unpaired) electrons. The van der Waals surface area contributed by atoms with Gasteiger partial charge in [0.15, 0.2) is 11.6 Å². The summed E-state index contributed by atoms with van der Waals surface area (Å²) in [6.45, 7) is 3.13. The lowest BCUT2D eigenvalue weighted by atomic mass is 10.2. The Kier molecular flexibility index (Phi) is 14.3. The van der Waals surface area contributed by atoms with E-state index in [9.17, 15) is 10.1 Å². The summed E-state index contributed by atoms with van der Waals surface area (Å²) in [4.78, 5) is 37.4. The van der Waals surface area contributed by atoms with Gasteiger partial charge in [0.25, 0.3) is 5.69 Å². The van der Waals surface area contributed by atoms with Gasteiger partial charge in [-0.2, -0.15) is 20.2 Å². The minimum absolute atomic E-state index is 0.0428. The molecule has 0 bridgehead atoms. The first kappa shape index (κ1) is 45.9. The maximum Gasteiger partial charge on any atom is 0.294 e. The average molecular weight is 895 g/mol. The Hall–Kier alpha value is -8.10. The Balaban J connectivity index is 0.000000197. The number of ether oxygens (including phenoxy) is 2. The molecule has 0 saturated heterocycles. The summed E-state index contributed by atoms with van der Waals surface area (Å²) >= 11 is 0. The molecule has 342 valence electrons. The van der Waals surface area contributed by atoms with Crippen LogP contribution in [-0.2, 0) is 0 Å². The highest BCUT2D eigenvalue weighted by atomic mass is 16.6. The minimum atomic E-state index is -0.404. The largest absolute Gasteiger partial charge is 0.494 e. The first-order valence-corrected chi connectivity index (χ1v) is 21.0. The number of hydrogen-bond acceptors (Lipinski definition) is 17. The van der Waals surface area contributed by atoms with E-state index in [4.69, 9.17) is 15.2 Å². The third-order valence-electron chi connectivity index (χ3n) is 10.6. The predicted molar refractivity (Wildman–Crippen MR) is 261 cm³/mol. The summed E-state index contributed by atoms with van der Waals surface area (Å²) in [5.74, 6) is 3.01. The molecule has 4 aromatic heterocycles. The second-order valence-corrected chi connectivity index (χ2v) is 15.8. The fourth-order valence-electron chi connectivity index (χ4n) is 7.00. The van der Waals surface area contributed by atoms with E-state index in [1.807, 2.05) is 125 Å². The van der Waals surface area contributed by atoms with Gasteiger partial charge in [0.1, 0.15) is 17.2 Å². The third-order valence-corrected chi connectivity index (χ3v) is 10.6. The Labute approximate surface area is 382 Å². The zero-order valence-electron chi connectivity index (χ0n) is 38.2. The molecule has 20 heteroatoms. The van der Waals surface area contributed by atoms with Gasteiger partial charge in [0.2, 0.25) is 11.9 Å². The van der Waals surface area contributed by atoms with Crippen LogP contribution < -0.4 is 35.6 Å². The molecule has 0 amide bonds. The van der Waals surface area contributed by atoms with Crippen molar-refractivity contribution in [1.82, 2.24) is 49.3 Å². The number of likely N-dealkylation sites (N-methyl/N-ethyl adjacent to an activating group) is 4. The van der Waals surface area contributed by atoms with E-state index in [1.165, 1.54) is 13.2 Å². The summed E-state index contributed by atoms with van der Waals surface area (Å²) in [7, 11) is 15.0. The topological polar surface area (TPSA) is 212 Å². The van der Waals surface area contributed by atoms with Crippen molar-refractivity contribution in [3.63, 3.8) is 0 Å². The van der Waals surface area contributed by atoms with Crippen LogP contribution in [-0.4, -0.2) is 137 Å². The van der Waals surface area contributed by atoms with Crippen molar-refractivity contribution in [3.05, 3.63) is 120 Å². The van der Waals surface area contributed by atoms with Crippen LogP contribution in [0.3, 0.4) is 0 Å². The van der Waals surface area contributed by atoms with Crippen LogP contribution in [0.25, 0.3) is 33.4 Å². The molecular weight excluding hydrogens is 841 g/mol. The lowest BCUT2D eigenvalue weighted by Crippen LogP contribution is -2.29. The van der Waals surface area contributed by atoms with Crippen molar-refractivity contribution >= 4 is 67.8 Å². The lowest BCUT2D eigenvalue weighted by Gasteiger charge is -2.24. The molecule has 0 aliphatic carbocycles. The SMILES string of the molecule is COc1cc(N(C)CCN(C)C)c(N)cc1Nc1nccc(-n2ncc3ccccc32)n1.COc1cc(N(C)CCN(C)C)c([N+](=O)[O-])cc1Nc1nccc(-n2ncc3ccccc32)n1. The molecule has 20 nitrogen and oxygen atoms in total. The molecule has 0 fully saturated rings. The third kappa shape index (κ3) is 10.6. The van der Waals surface area contributed by atoms with E-state index in [0.29, 0.717) is 58.4 Å². The number of nitrogens with zero attached hydrogens (tertiary/aromatic N) is 13. The summed E-state index contributed by atoms with van der Waals surface area (Å²) in [6, 6.07) is 26.2. The molecule has 8 rings (SSSR count). The molecular formula is C46H54N16O4. The van der Waals surface area contributed by atoms with Crippen molar-refractivity contribution in [2.24, 2.45) is 0 Å². The first-order valence-electron chi connectivity index (χ1n) is 21.0. The molecule has 4 heterocycles. The quantitative estimate of drug-likeness (QED) is 0.0498. The number of nitrogen functional groups attached to an aromatic ring is 1. The number of aromatic nitrogens is 8. The van der Waals surface area contributed by atoms with E-state index in [-0.39, 0.29) is 11.6 Å². The van der Waals surface area contributed by atoms with Crippen LogP contribution in [0.2, 0.25) is 0 Å². The zero-order chi connectivity index (χ0) is 46.9. The van der Waals surface area contributed by atoms with Gasteiger partial charge in [-0.3, -0.25) is 10.1 Å². The second kappa shape index (κ2) is 20.6. The fourth-order valence-corrected chi connectivity index (χ4v) is 7.00. The molecule has 0 atom stereocenters. The van der Waals surface area contributed by atoms with Gasteiger partial charge in [-0.1, -0.05) is 36.4 Å². The monoisotopic (exact) mass is 894 g/mol. The highest BCUT2D eigenvalue weighted by Crippen LogP contribution is 2.39. The van der Waals surface area contributed by atoms with Gasteiger partial charge in [-0.25, -0.2) is 19.3 Å². The Morgan fingerprint density at radius 3 is 1.56 bits per heavy atom. The molecule has 4 N–H and O–H groups in total. The van der Waals surface area contributed by atoms with E-state index < -0.39 is 4.92 Å². The van der Waals surface area contributed by atoms with Crippen molar-refractivity contribution in [3.8, 4) is 23.1 Å². The van der Waals surface area contributed by atoms with Gasteiger partial charge in [-0.05, 0) is 46.4 Å². The van der Waals surface area contributed by atoms with Crippen LogP contribution >= 0.6 is 0 Å². The molecule has 8 aromatic rings. The van der Waals surface area contributed by atoms with E-state index in [2.05, 4.69) is 50.6 Å². The molecule has 66 heavy (non-hydrogen) atoms. The van der Waals surface area contributed by atoms with Gasteiger partial charge in [0.05, 0.1) is 65.3 Å². The molecule has 0 unspecified atom stereocenters. The molecule has 0 aliphatic heterocycles. The average Bonchev–Trinajstić information content (AvgIpc) is 3.95. The first-order chi connectivity index (χ1) is 31.8. The normalized spacial score (nSPS) is 11.1. The number of methoxy groups -OCH3 is 2. The maximum absolute atomic E-state index is 11.9. The smallest absolute Gasteiger partial charge is 0.294 e. The summed E-state index contributed by atoms with van der Waals surface area (Å²) in [5.41, 5.74) is 11.3. The summed E-state index contributed by atoms with van der Waals surface area (Å²) in [6.07, 6.45) is 6.88. The Morgan fingerprint density at radius 2 is 1.09 bits per heavy atom. The number of hydrogen-bond donors (Lipinski definition) is 3. The highest BCUT2D eigenvalue weighted by molar-refractivity contribution is 5.82. The number of nitro groups is 1. The molecule has 0 aliphatic rings. The van der Waals surface area contributed by atoms with Crippen LogP contribution in [0.1, 0.15) is 0 Å². The van der Waals surface area contributed by atoms with Crippen molar-refractivity contribution in [2.45, 2.75) is 0 Å². The Bertz CT molecular complexity index is 2940. The van der Waals surface area contributed by atoms with E-state index in [1.54, 1.807) is 47.2 Å². The van der Waals surface area contributed by atoms with E-state index >= 15 is 0 Å². The number of benzene rings is 4. The highest BCUT2D eigenvalue weighted by Gasteiger charge is 2.23. The number of nitro benzene ring substituents is 1. The molecule has 4 aromatic carbocycles. The fraction of sp³-hybridized carbons (Fsp3) is 0.261. The molecule has 0 spiro atoms. The van der Waals surface area contributed by atoms with Crippen LogP contribution in [0.5, 0.6) is 11.5 Å². The van der Waals surface area contributed by atoms with Gasteiger partial charge in [0, 0.05) is 93.8 Å². The van der Waals surface area contributed by atoms with Crippen molar-refractivity contribution in [2.75, 3.05) is 109 Å². The molecule has 0 saturated carbocycles. The van der Waals surface area contributed by atoms with Crippen molar-refractivity contribution in [1.29, 1.82) is 0 Å². The number of para-hydroxylation sites is 2. The standard InChI is InChI=1S/C23H26N8O3.C23H28N8O/c1-28(2)11-12-29(3)19-14-21(34-4)17(13-20(19)31(32)33)26-23-24-10-9-22(27-23)30-18-8-6-5-7-16(18)15-25-30;1-29(2)11-12-30(3)20-14-21(32-4)18(13-17(20)24)27-23-25-10-9-22(28-23)31-19-8-6-5-7-16(19)15-26-31/h5-10,13-15H,11-12H2,1-4H3,(H,24,26,27);5-10,13-15H,11-12,24H2,1-4H3,(H,25,27,28). The number of rotatable bonds is 17. The summed E-state index contributed by atoms with van der Waals surface area (Å²) < 4.78 is 14.7. The van der Waals surface area contributed by atoms with Gasteiger partial charge in [-0.15, -0.1) is 0 Å². The Morgan fingerprint density at radius 1 is 0.636 bits per heavy atom. The van der Waals surface area contributed by atoms with Crippen molar-refractivity contribution < 1.29 is 14.4 Å². The predicted octanol–water partition coefficient (Wildman–Crippen LogP) is 6.62. The van der Waals surface area contributed by atoms with Crippen LogP contribution in [0, 0.1) is 10.1 Å².